The first-order valence-electron chi connectivity index (χ1n) is 34.8. The van der Waals surface area contributed by atoms with Gasteiger partial charge in [-0.05, 0) is 121 Å². The van der Waals surface area contributed by atoms with E-state index in [-0.39, 0.29) is 149 Å². The molecule has 0 fully saturated rings. The van der Waals surface area contributed by atoms with Crippen molar-refractivity contribution >= 4 is 56.1 Å². The van der Waals surface area contributed by atoms with E-state index in [9.17, 15) is 19.8 Å². The second-order valence-corrected chi connectivity index (χ2v) is 25.0. The van der Waals surface area contributed by atoms with Crippen LogP contribution >= 0.6 is 0 Å². The fourth-order valence-corrected chi connectivity index (χ4v) is 13.2. The maximum Gasteiger partial charge on any atom is 0.311 e. The van der Waals surface area contributed by atoms with E-state index in [1.165, 1.54) is 91.4 Å². The molecule has 30 heteroatoms. The molecular weight excluding hydrogens is 1470 g/mol. The number of para-hydroxylation sites is 6. The van der Waals surface area contributed by atoms with E-state index in [4.69, 9.17) is 115 Å². The minimum atomic E-state index is -1.53. The Bertz CT molecular complexity index is 6030. The number of carboxylic acids is 2. The van der Waals surface area contributed by atoms with Crippen LogP contribution < -0.4 is 85.3 Å². The van der Waals surface area contributed by atoms with Crippen molar-refractivity contribution in [2.75, 3.05) is 85.3 Å². The second kappa shape index (κ2) is 31.5. The smallest absolute Gasteiger partial charge is 0.311 e. The Hall–Kier alpha value is -15.1. The number of nitrogens with one attached hydrogen (secondary N) is 2. The van der Waals surface area contributed by atoms with Gasteiger partial charge in [0.15, 0.2) is 127 Å². The Morgan fingerprint density at radius 2 is 0.500 bits per heavy atom. The van der Waals surface area contributed by atoms with Crippen molar-refractivity contribution in [2.24, 2.45) is 0 Å². The molecular formula is C84H70N8O22. The van der Waals surface area contributed by atoms with Gasteiger partial charge in [0.1, 0.15) is 22.6 Å². The molecule has 0 saturated carbocycles. The van der Waals surface area contributed by atoms with Crippen LogP contribution in [0, 0.1) is 0 Å². The molecule has 30 nitrogen and oxygen atoms in total. The molecule has 8 bridgehead atoms. The predicted octanol–water partition coefficient (Wildman–Crippen LogP) is 17.4. The number of aliphatic carboxylic acids is 2. The molecule has 0 saturated heterocycles. The molecule has 5 heterocycles. The van der Waals surface area contributed by atoms with Crippen molar-refractivity contribution in [1.29, 1.82) is 0 Å². The Balaban J connectivity index is 1.11. The first-order valence-corrected chi connectivity index (χ1v) is 34.8. The summed E-state index contributed by atoms with van der Waals surface area (Å²) in [5.74, 6) is 0.651. The predicted molar refractivity (Wildman–Crippen MR) is 416 cm³/mol. The van der Waals surface area contributed by atoms with Gasteiger partial charge in [0.25, 0.3) is 0 Å². The molecule has 15 rings (SSSR count). The van der Waals surface area contributed by atoms with Gasteiger partial charge in [-0.3, -0.25) is 9.59 Å². The first kappa shape index (κ1) is 74.4. The number of ether oxygens (including phenoxy) is 18. The van der Waals surface area contributed by atoms with Crippen molar-refractivity contribution in [2.45, 2.75) is 12.3 Å². The monoisotopic (exact) mass is 1540 g/mol. The highest BCUT2D eigenvalue weighted by atomic mass is 16.6. The van der Waals surface area contributed by atoms with E-state index in [1.54, 1.807) is 158 Å². The summed E-state index contributed by atoms with van der Waals surface area (Å²) in [5, 5.41) is 22.2. The van der Waals surface area contributed by atoms with Crippen molar-refractivity contribution < 1.29 is 105 Å². The molecule has 2 aliphatic rings. The summed E-state index contributed by atoms with van der Waals surface area (Å²) in [6, 6.07) is 45.6. The van der Waals surface area contributed by atoms with Crippen LogP contribution in [0.15, 0.2) is 164 Å². The molecule has 3 aromatic heterocycles. The van der Waals surface area contributed by atoms with E-state index >= 15 is 0 Å². The number of rotatable bonds is 28. The maximum atomic E-state index is 13.2. The number of fused-ring (bicyclic) bond motifs is 20. The highest BCUT2D eigenvalue weighted by Crippen LogP contribution is 2.55. The Morgan fingerprint density at radius 3 is 0.719 bits per heavy atom. The van der Waals surface area contributed by atoms with Gasteiger partial charge in [0.2, 0.25) is 34.5 Å². The highest BCUT2D eigenvalue weighted by molar-refractivity contribution is 6.08. The topological polar surface area (TPSA) is 350 Å². The summed E-state index contributed by atoms with van der Waals surface area (Å²) >= 11 is 0. The third-order valence-electron chi connectivity index (χ3n) is 18.7. The van der Waals surface area contributed by atoms with Gasteiger partial charge >= 0.3 is 11.9 Å². The van der Waals surface area contributed by atoms with E-state index < -0.39 is 24.3 Å². The van der Waals surface area contributed by atoms with Crippen molar-refractivity contribution in [3.63, 3.8) is 0 Å². The van der Waals surface area contributed by atoms with Crippen LogP contribution in [0.25, 0.3) is 89.7 Å². The summed E-state index contributed by atoms with van der Waals surface area (Å²) in [6.45, 7) is 0. The molecule has 0 amide bonds. The largest absolute Gasteiger partial charge is 0.493 e. The van der Waals surface area contributed by atoms with E-state index in [0.717, 1.165) is 0 Å². The maximum absolute atomic E-state index is 13.2. The van der Waals surface area contributed by atoms with E-state index in [2.05, 4.69) is 9.97 Å². The third kappa shape index (κ3) is 13.8. The number of hydrogen-bond donors (Lipinski definition) is 4. The number of benzene rings is 10. The van der Waals surface area contributed by atoms with Gasteiger partial charge in [0, 0.05) is 43.8 Å². The molecule has 0 spiro atoms. The van der Waals surface area contributed by atoms with Gasteiger partial charge in [-0.25, -0.2) is 29.9 Å². The standard InChI is InChI=1S/C84H70N8O22/c1-97-51-19-13-20-52(98-2)70(51)109-63-34-45-46(35-64(63)110-71-53(99-3)21-14-22-54(71)100-4)80-88-78(45)86-76-42-32-31-41(43(84(95)96)40-69(93)94)33-44(42)77(85-76)87-79-47-36-65(111-72-55(101-5)23-15-24-56(72)102-6)66(112-73-57(103-7)25-16-26-58(73)104-8)37-48(47)81(89-79)91-83-50-39-68(114-75-61(107-11)29-18-30-62(75)108-12)67(38-49(50)82(90-80)92-83)113-74-59(105-9)27-17-28-60(74)106-10/h13-39,43H,40H2,1-12H3,(H,93,94)(H,95,96)(H2,85,86,87,88,89,90,91,92). The number of carbonyl (C=O) groups is 2. The normalized spacial score (nSPS) is 11.5. The average molecular weight is 1540 g/mol. The van der Waals surface area contributed by atoms with Gasteiger partial charge in [0.05, 0.1) is 97.7 Å². The first-order chi connectivity index (χ1) is 55.5. The third-order valence-corrected chi connectivity index (χ3v) is 18.7. The highest BCUT2D eigenvalue weighted by Gasteiger charge is 2.33. The summed E-state index contributed by atoms with van der Waals surface area (Å²) in [6.07, 6.45) is -0.766. The van der Waals surface area contributed by atoms with Crippen LogP contribution in [0.5, 0.6) is 138 Å². The van der Waals surface area contributed by atoms with Crippen LogP contribution in [0.1, 0.15) is 17.9 Å². The lowest BCUT2D eigenvalue weighted by Gasteiger charge is -2.19. The lowest BCUT2D eigenvalue weighted by Crippen LogP contribution is -2.15. The molecule has 578 valence electrons. The van der Waals surface area contributed by atoms with Crippen molar-refractivity contribution in [3.05, 3.63) is 169 Å². The summed E-state index contributed by atoms with van der Waals surface area (Å²) in [4.78, 5) is 64.8. The Labute approximate surface area is 648 Å². The van der Waals surface area contributed by atoms with Gasteiger partial charge in [-0.2, -0.15) is 0 Å². The molecule has 1 unspecified atom stereocenters. The van der Waals surface area contributed by atoms with Crippen LogP contribution in [0.4, 0.5) is 0 Å². The molecule has 0 aliphatic carbocycles. The summed E-state index contributed by atoms with van der Waals surface area (Å²) in [7, 11) is 17.9. The molecule has 2 aliphatic heterocycles. The van der Waals surface area contributed by atoms with Crippen LogP contribution in [-0.2, 0) is 9.59 Å². The van der Waals surface area contributed by atoms with Crippen molar-refractivity contribution in [1.82, 2.24) is 39.9 Å². The number of nitrogens with zero attached hydrogens (tertiary/aromatic N) is 6. The SMILES string of the molecule is COc1cccc(OC)c1Oc1cc2c(cc1Oc1c(OC)cccc1OC)-c1nc-2nc2[nH]c(nc3nc(nc4[nH]c(n1)c1cc(Oc5c(OC)cccc5OC)c(Oc5c(OC)cccc5OC)cc41)-c1cc(Oc4c(OC)cccc4OC)c(Oc4c(OC)cccc4OC)cc1-3)c1cc(C(CC(=O)O)C(=O)O)ccc21. The molecule has 0 radical (unpaired) electrons. The van der Waals surface area contributed by atoms with Crippen LogP contribution in [0.3, 0.4) is 0 Å². The lowest BCUT2D eigenvalue weighted by molar-refractivity contribution is -0.145. The van der Waals surface area contributed by atoms with Gasteiger partial charge in [-0.1, -0.05) is 48.5 Å². The quantitative estimate of drug-likeness (QED) is 0.0354. The van der Waals surface area contributed by atoms with E-state index in [1.807, 2.05) is 0 Å². The number of carboxylic acid groups (broad SMARTS) is 2. The Kier molecular flexibility index (Phi) is 20.5. The summed E-state index contributed by atoms with van der Waals surface area (Å²) in [5.41, 5.74) is 1.76. The molecule has 13 aromatic rings. The van der Waals surface area contributed by atoms with Gasteiger partial charge < -0.3 is 105 Å². The number of aromatic amines is 2. The zero-order chi connectivity index (χ0) is 79.6. The lowest BCUT2D eigenvalue weighted by atomic mass is 9.94. The van der Waals surface area contributed by atoms with Gasteiger partial charge in [-0.15, -0.1) is 0 Å². The number of methoxy groups -OCH3 is 12. The van der Waals surface area contributed by atoms with Crippen molar-refractivity contribution in [3.8, 4) is 184 Å². The fourth-order valence-electron chi connectivity index (χ4n) is 13.2. The average Bonchev–Trinajstić information content (AvgIpc) is 1.59. The number of aromatic nitrogens is 8. The van der Waals surface area contributed by atoms with Crippen LogP contribution in [0.2, 0.25) is 0 Å². The molecule has 4 N–H and O–H groups in total. The van der Waals surface area contributed by atoms with Crippen LogP contribution in [-0.4, -0.2) is 147 Å². The zero-order valence-electron chi connectivity index (χ0n) is 63.1. The van der Waals surface area contributed by atoms with E-state index in [0.29, 0.717) is 84.4 Å². The Morgan fingerprint density at radius 1 is 0.281 bits per heavy atom. The number of hydrogen-bond acceptors (Lipinski definition) is 26. The molecule has 1 atom stereocenters. The number of H-pyrrole nitrogens is 2. The second-order valence-electron chi connectivity index (χ2n) is 25.0. The minimum Gasteiger partial charge on any atom is -0.493 e. The zero-order valence-corrected chi connectivity index (χ0v) is 63.1. The molecule has 10 aromatic carbocycles. The summed E-state index contributed by atoms with van der Waals surface area (Å²) < 4.78 is 112. The minimum absolute atomic E-state index is 0.00373. The molecule has 114 heavy (non-hydrogen) atoms. The fraction of sp³-hybridized carbons (Fsp3) is 0.167.